The Morgan fingerprint density at radius 1 is 0.541 bits per heavy atom. The van der Waals surface area contributed by atoms with E-state index in [-0.39, 0.29) is 84.4 Å². The van der Waals surface area contributed by atoms with Gasteiger partial charge in [0.25, 0.3) is 0 Å². The van der Waals surface area contributed by atoms with Crippen LogP contribution in [0.3, 0.4) is 0 Å². The van der Waals surface area contributed by atoms with Gasteiger partial charge in [-0.2, -0.15) is 13.2 Å². The zero-order chi connectivity index (χ0) is 59.4. The van der Waals surface area contributed by atoms with Crippen LogP contribution in [0.2, 0.25) is 0 Å². The largest absolute Gasteiger partial charge is 0.465 e. The molecule has 8 heterocycles. The number of benzene rings is 4. The van der Waals surface area contributed by atoms with E-state index in [1.54, 1.807) is 26.8 Å². The molecule has 4 amide bonds. The van der Waals surface area contributed by atoms with Gasteiger partial charge in [0.1, 0.15) is 41.1 Å². The van der Waals surface area contributed by atoms with Crippen molar-refractivity contribution in [3.8, 4) is 0 Å². The molecule has 6 aliphatic rings. The lowest BCUT2D eigenvalue weighted by atomic mass is 9.90. The number of aromatic amines is 2. The number of nitrogens with one attached hydrogen (secondary N) is 4. The lowest BCUT2D eigenvalue weighted by Gasteiger charge is -2.38. The lowest BCUT2D eigenvalue weighted by Crippen LogP contribution is -2.52. The minimum Gasteiger partial charge on any atom is -0.465 e. The Hall–Kier alpha value is -7.87. The summed E-state index contributed by atoms with van der Waals surface area (Å²) < 4.78 is 119. The molecule has 19 nitrogen and oxygen atoms in total. The van der Waals surface area contributed by atoms with Crippen molar-refractivity contribution in [3.05, 3.63) is 112 Å². The summed E-state index contributed by atoms with van der Waals surface area (Å²) in [7, 11) is 0. The van der Waals surface area contributed by atoms with Crippen LogP contribution in [0, 0.1) is 35.1 Å². The summed E-state index contributed by atoms with van der Waals surface area (Å²) in [4.78, 5) is 76.6. The third kappa shape index (κ3) is 11.5. The van der Waals surface area contributed by atoms with Crippen molar-refractivity contribution in [2.45, 2.75) is 107 Å². The quantitative estimate of drug-likeness (QED) is 0.0593. The van der Waals surface area contributed by atoms with Crippen molar-refractivity contribution in [1.29, 1.82) is 0 Å². The molecule has 26 heteroatoms. The number of carbonyl (C=O) groups excluding carboxylic acids is 2. The molecule has 85 heavy (non-hydrogen) atoms. The van der Waals surface area contributed by atoms with Crippen LogP contribution in [-0.4, -0.2) is 142 Å². The highest BCUT2D eigenvalue weighted by Crippen LogP contribution is 2.50. The first-order valence-electron chi connectivity index (χ1n) is 29.0. The lowest BCUT2D eigenvalue weighted by molar-refractivity contribution is -0.138. The number of anilines is 3. The first-order chi connectivity index (χ1) is 40.9. The third-order valence-corrected chi connectivity index (χ3v) is 18.1. The number of likely N-dealkylation sites (tertiary alicyclic amines) is 2. The number of imidazole rings is 2. The molecule has 0 radical (unpaired) electrons. The van der Waals surface area contributed by atoms with Gasteiger partial charge in [-0.3, -0.25) is 9.59 Å². The van der Waals surface area contributed by atoms with Crippen LogP contribution in [0.4, 0.5) is 57.4 Å². The highest BCUT2D eigenvalue weighted by molar-refractivity contribution is 5.87. The second-order valence-corrected chi connectivity index (χ2v) is 23.0. The Balaban J connectivity index is 0.866. The molecule has 6 saturated heterocycles. The van der Waals surface area contributed by atoms with E-state index in [1.165, 1.54) is 29.2 Å². The third-order valence-electron chi connectivity index (χ3n) is 18.1. The van der Waals surface area contributed by atoms with E-state index < -0.39 is 95.3 Å². The van der Waals surface area contributed by atoms with E-state index in [2.05, 4.69) is 20.6 Å². The SMILES string of the molecule is O=C(O)N[C@H](C(=O)N1CCC[C@H]1c1nc2cc(F)c([C@H]3CC[C@H](c4cc5[nH]c([C@@H]6CCCN6C(=O)[C@@H](NC(=O)O)C6CCOCC6)nc5cc4F)N3c3cc(F)c(N4CCN(c5ccc(C(F)(F)F)cc5)CC4)c(F)c3)cc2[nH]1)C1CCOCC1. The number of halogens is 7. The van der Waals surface area contributed by atoms with Gasteiger partial charge in [-0.05, 0) is 125 Å². The van der Waals surface area contributed by atoms with Gasteiger partial charge in [0.15, 0.2) is 11.6 Å². The van der Waals surface area contributed by atoms with Crippen LogP contribution in [-0.2, 0) is 25.2 Å². The molecular formula is C59H64F7N11O8. The van der Waals surface area contributed by atoms with Gasteiger partial charge >= 0.3 is 18.4 Å². The number of rotatable bonds is 13. The molecule has 4 aromatic carbocycles. The van der Waals surface area contributed by atoms with E-state index >= 15 is 17.6 Å². The van der Waals surface area contributed by atoms with E-state index in [9.17, 15) is 42.6 Å². The number of carbonyl (C=O) groups is 4. The Bertz CT molecular complexity index is 3310. The molecule has 6 fully saturated rings. The summed E-state index contributed by atoms with van der Waals surface area (Å²) in [6.45, 7) is 2.90. The number of piperazine rings is 1. The van der Waals surface area contributed by atoms with Crippen molar-refractivity contribution in [2.75, 3.05) is 80.4 Å². The molecule has 0 bridgehead atoms. The number of ether oxygens (including phenoxy) is 2. The number of nitrogens with zero attached hydrogens (tertiary/aromatic N) is 7. The average Bonchev–Trinajstić information content (AvgIpc) is 3.99. The standard InChI is InChI=1S/C59H64F7N11O8/c60-38-29-44-42(67-53(69-44)48-3-1-15-75(48)55(78)50(71-57(80)81)31-11-21-84-22-12-31)27-36(38)46-9-10-47(77(46)35-25-40(62)52(41(63)26-35)74-19-17-73(18-20-74)34-7-5-33(6-8-34)59(64,65)66)37-28-43-45(30-39(37)61)70-54(68-43)49-4-2-16-76(49)56(79)51(72-58(82)83)32-13-23-85-24-14-32/h5-8,25-32,46-51,71-72H,1-4,9-24H2,(H,67,69)(H,68,70)(H,80,81)(H,82,83)/t46-,47-,48+,49+,50+,51+/m1/s1. The molecular weight excluding hydrogens is 1120 g/mol. The number of alkyl halides is 3. The average molecular weight is 1190 g/mol. The minimum atomic E-state index is -4.52. The van der Waals surface area contributed by atoms with Crippen molar-refractivity contribution >= 4 is 63.1 Å². The number of aromatic nitrogens is 4. The Morgan fingerprint density at radius 3 is 1.40 bits per heavy atom. The van der Waals surface area contributed by atoms with Crippen LogP contribution in [0.5, 0.6) is 0 Å². The van der Waals surface area contributed by atoms with E-state index in [4.69, 9.17) is 19.4 Å². The fraction of sp³-hybridized carbons (Fsp3) is 0.492. The maximum atomic E-state index is 17.1. The summed E-state index contributed by atoms with van der Waals surface area (Å²) in [6, 6.07) is 7.38. The predicted molar refractivity (Wildman–Crippen MR) is 296 cm³/mol. The van der Waals surface area contributed by atoms with Crippen LogP contribution in [0.15, 0.2) is 60.7 Å². The van der Waals surface area contributed by atoms with E-state index in [0.717, 1.165) is 24.3 Å². The van der Waals surface area contributed by atoms with Gasteiger partial charge in [0.05, 0.1) is 51.8 Å². The van der Waals surface area contributed by atoms with Crippen molar-refractivity contribution in [1.82, 2.24) is 40.4 Å². The van der Waals surface area contributed by atoms with Gasteiger partial charge in [-0.25, -0.2) is 37.1 Å². The molecule has 452 valence electrons. The fourth-order valence-electron chi connectivity index (χ4n) is 13.9. The van der Waals surface area contributed by atoms with E-state index in [1.807, 2.05) is 4.90 Å². The molecule has 0 unspecified atom stereocenters. The topological polar surface area (TPSA) is 225 Å². The summed E-state index contributed by atoms with van der Waals surface area (Å²) >= 11 is 0. The summed E-state index contributed by atoms with van der Waals surface area (Å²) in [5.74, 6) is -4.00. The van der Waals surface area contributed by atoms with Gasteiger partial charge < -0.3 is 64.8 Å². The molecule has 0 saturated carbocycles. The molecule has 6 aliphatic heterocycles. The molecule has 6 aromatic rings. The minimum absolute atomic E-state index is 0.0208. The molecule has 2 aromatic heterocycles. The maximum Gasteiger partial charge on any atom is 0.416 e. The molecule has 0 spiro atoms. The van der Waals surface area contributed by atoms with Crippen LogP contribution >= 0.6 is 0 Å². The highest BCUT2D eigenvalue weighted by Gasteiger charge is 2.44. The van der Waals surface area contributed by atoms with Gasteiger partial charge in [0, 0.05) is 100 Å². The van der Waals surface area contributed by atoms with E-state index in [0.29, 0.717) is 119 Å². The molecule has 6 N–H and O–H groups in total. The van der Waals surface area contributed by atoms with Crippen molar-refractivity contribution in [2.24, 2.45) is 11.8 Å². The fourth-order valence-corrected chi connectivity index (χ4v) is 13.9. The number of fused-ring (bicyclic) bond motifs is 2. The first-order valence-corrected chi connectivity index (χ1v) is 29.0. The number of carboxylic acid groups (broad SMARTS) is 2. The van der Waals surface area contributed by atoms with Gasteiger partial charge in [-0.15, -0.1) is 0 Å². The van der Waals surface area contributed by atoms with Crippen molar-refractivity contribution < 1.29 is 69.6 Å². The second-order valence-electron chi connectivity index (χ2n) is 23.0. The molecule has 6 atom stereocenters. The van der Waals surface area contributed by atoms with Gasteiger partial charge in [-0.1, -0.05) is 0 Å². The number of amides is 4. The molecule has 12 rings (SSSR count). The zero-order valence-corrected chi connectivity index (χ0v) is 46.2. The number of hydrogen-bond acceptors (Lipinski definition) is 11. The summed E-state index contributed by atoms with van der Waals surface area (Å²) in [5.41, 5.74) is 0.792. The Kier molecular flexibility index (Phi) is 15.9. The monoisotopic (exact) mass is 1190 g/mol. The van der Waals surface area contributed by atoms with Crippen LogP contribution in [0.25, 0.3) is 22.1 Å². The van der Waals surface area contributed by atoms with Crippen LogP contribution < -0.4 is 25.3 Å². The normalized spacial score (nSPS) is 22.6. The highest BCUT2D eigenvalue weighted by atomic mass is 19.4. The first kappa shape index (κ1) is 57.6. The zero-order valence-electron chi connectivity index (χ0n) is 46.2. The Labute approximate surface area is 482 Å². The maximum absolute atomic E-state index is 17.1. The van der Waals surface area contributed by atoms with Crippen LogP contribution in [0.1, 0.15) is 117 Å². The summed E-state index contributed by atoms with van der Waals surface area (Å²) in [6.07, 6.45) is -2.73. The van der Waals surface area contributed by atoms with Crippen molar-refractivity contribution in [3.63, 3.8) is 0 Å². The second kappa shape index (κ2) is 23.5. The number of hydrogen-bond donors (Lipinski definition) is 6. The number of H-pyrrole nitrogens is 2. The van der Waals surface area contributed by atoms with Gasteiger partial charge in [0.2, 0.25) is 11.8 Å². The molecule has 0 aliphatic carbocycles. The summed E-state index contributed by atoms with van der Waals surface area (Å²) in [5, 5.41) is 24.4. The Morgan fingerprint density at radius 2 is 0.976 bits per heavy atom. The smallest absolute Gasteiger partial charge is 0.416 e. The predicted octanol–water partition coefficient (Wildman–Crippen LogP) is 9.88.